The highest BCUT2D eigenvalue weighted by Crippen LogP contribution is 2.40. The highest BCUT2D eigenvalue weighted by atomic mass is 35.5. The topological polar surface area (TPSA) is 54.9 Å². The van der Waals surface area contributed by atoms with Gasteiger partial charge in [-0.1, -0.05) is 36.4 Å². The van der Waals surface area contributed by atoms with Gasteiger partial charge in [-0.15, -0.1) is 11.3 Å². The van der Waals surface area contributed by atoms with Crippen molar-refractivity contribution in [3.05, 3.63) is 45.6 Å². The number of carbonyl (C=O) groups is 1. The summed E-state index contributed by atoms with van der Waals surface area (Å²) >= 11 is 9.38. The lowest BCUT2D eigenvalue weighted by Gasteiger charge is -2.18. The number of nitrogens with zero attached hydrogens (tertiary/aromatic N) is 2. The van der Waals surface area contributed by atoms with Crippen LogP contribution in [0.15, 0.2) is 29.6 Å². The molecule has 0 bridgehead atoms. The maximum atomic E-state index is 12.4. The molecule has 2 aromatic heterocycles. The number of rotatable bonds is 4. The monoisotopic (exact) mass is 417 g/mol. The van der Waals surface area contributed by atoms with Crippen LogP contribution in [0.3, 0.4) is 0 Å². The molecule has 1 amide bonds. The maximum Gasteiger partial charge on any atom is 0.234 e. The lowest BCUT2D eigenvalue weighted by atomic mass is 9.89. The summed E-state index contributed by atoms with van der Waals surface area (Å²) in [6.07, 6.45) is 5.00. The molecule has 3 aromatic rings. The van der Waals surface area contributed by atoms with E-state index in [4.69, 9.17) is 11.6 Å². The van der Waals surface area contributed by atoms with Crippen molar-refractivity contribution in [3.63, 3.8) is 0 Å². The van der Waals surface area contributed by atoms with E-state index in [9.17, 15) is 4.79 Å². The minimum atomic E-state index is -0.0603. The first kappa shape index (κ1) is 18.7. The van der Waals surface area contributed by atoms with Gasteiger partial charge in [-0.2, -0.15) is 0 Å². The molecule has 1 atom stereocenters. The highest BCUT2D eigenvalue weighted by Gasteiger charge is 2.23. The number of aryl methyl sites for hydroxylation is 1. The molecule has 1 aromatic carbocycles. The molecule has 1 N–H and O–H groups in total. The summed E-state index contributed by atoms with van der Waals surface area (Å²) in [6.45, 7) is 4.20. The molecule has 1 aliphatic carbocycles. The van der Waals surface area contributed by atoms with E-state index in [0.717, 1.165) is 45.3 Å². The van der Waals surface area contributed by atoms with Gasteiger partial charge in [-0.25, -0.2) is 9.97 Å². The molecule has 0 spiro atoms. The van der Waals surface area contributed by atoms with Crippen molar-refractivity contribution in [1.82, 2.24) is 9.97 Å². The summed E-state index contributed by atoms with van der Waals surface area (Å²) in [7, 11) is 0. The summed E-state index contributed by atoms with van der Waals surface area (Å²) < 4.78 is 0. The predicted octanol–water partition coefficient (Wildman–Crippen LogP) is 5.51. The second kappa shape index (κ2) is 7.78. The first-order valence-corrected chi connectivity index (χ1v) is 11.1. The average molecular weight is 418 g/mol. The van der Waals surface area contributed by atoms with Crippen molar-refractivity contribution in [1.29, 1.82) is 0 Å². The second-order valence-electron chi connectivity index (χ2n) is 6.96. The Hall–Kier alpha value is -1.63. The second-order valence-corrected chi connectivity index (χ2v) is 9.41. The van der Waals surface area contributed by atoms with Gasteiger partial charge in [-0.3, -0.25) is 4.79 Å². The third-order valence-electron chi connectivity index (χ3n) is 4.94. The van der Waals surface area contributed by atoms with Gasteiger partial charge >= 0.3 is 0 Å². The minimum absolute atomic E-state index is 0.0603. The van der Waals surface area contributed by atoms with Crippen molar-refractivity contribution in [2.75, 3.05) is 11.1 Å². The molecule has 140 valence electrons. The number of amides is 1. The van der Waals surface area contributed by atoms with Crippen LogP contribution < -0.4 is 5.32 Å². The Bertz CT molecular complexity index is 1020. The van der Waals surface area contributed by atoms with Crippen LogP contribution in [0.5, 0.6) is 0 Å². The van der Waals surface area contributed by atoms with Crippen molar-refractivity contribution in [2.24, 2.45) is 5.92 Å². The number of hydrogen-bond donors (Lipinski definition) is 1. The van der Waals surface area contributed by atoms with Gasteiger partial charge in [0.15, 0.2) is 0 Å². The summed E-state index contributed by atoms with van der Waals surface area (Å²) in [6, 6.07) is 5.52. The Labute approximate surface area is 171 Å². The number of nitrogens with one attached hydrogen (secondary N) is 1. The molecule has 1 aliphatic rings. The van der Waals surface area contributed by atoms with Gasteiger partial charge < -0.3 is 5.32 Å². The summed E-state index contributed by atoms with van der Waals surface area (Å²) in [5.74, 6) is 0.968. The minimum Gasteiger partial charge on any atom is -0.325 e. The van der Waals surface area contributed by atoms with Gasteiger partial charge in [0.25, 0.3) is 0 Å². The lowest BCUT2D eigenvalue weighted by Crippen LogP contribution is -2.15. The zero-order valence-corrected chi connectivity index (χ0v) is 17.6. The van der Waals surface area contributed by atoms with Gasteiger partial charge in [0, 0.05) is 21.0 Å². The molecule has 0 aliphatic heterocycles. The quantitative estimate of drug-likeness (QED) is 0.449. The third kappa shape index (κ3) is 3.84. The third-order valence-corrected chi connectivity index (χ3v) is 7.50. The molecule has 0 saturated heterocycles. The summed E-state index contributed by atoms with van der Waals surface area (Å²) in [4.78, 5) is 23.9. The predicted molar refractivity (Wildman–Crippen MR) is 114 cm³/mol. The van der Waals surface area contributed by atoms with Crippen molar-refractivity contribution in [3.8, 4) is 0 Å². The fraction of sp³-hybridized carbons (Fsp3) is 0.350. The number of aromatic nitrogens is 2. The van der Waals surface area contributed by atoms with Gasteiger partial charge in [0.2, 0.25) is 5.91 Å². The van der Waals surface area contributed by atoms with Gasteiger partial charge in [0.05, 0.1) is 5.75 Å². The fourth-order valence-corrected chi connectivity index (χ4v) is 5.83. The van der Waals surface area contributed by atoms with Crippen LogP contribution in [-0.2, 0) is 17.6 Å². The van der Waals surface area contributed by atoms with Crippen LogP contribution in [0.25, 0.3) is 10.2 Å². The number of thiophene rings is 1. The Morgan fingerprint density at radius 1 is 1.41 bits per heavy atom. The largest absolute Gasteiger partial charge is 0.325 e. The van der Waals surface area contributed by atoms with Crippen molar-refractivity contribution in [2.45, 2.75) is 38.1 Å². The van der Waals surface area contributed by atoms with Gasteiger partial charge in [0.1, 0.15) is 16.2 Å². The van der Waals surface area contributed by atoms with E-state index >= 15 is 0 Å². The van der Waals surface area contributed by atoms with E-state index < -0.39 is 0 Å². The number of fused-ring (bicyclic) bond motifs is 3. The number of carbonyl (C=O) groups excluding carboxylic acids is 1. The van der Waals surface area contributed by atoms with E-state index in [2.05, 4.69) is 22.2 Å². The average Bonchev–Trinajstić information content (AvgIpc) is 3.01. The Kier molecular flexibility index (Phi) is 5.39. The maximum absolute atomic E-state index is 12.4. The smallest absolute Gasteiger partial charge is 0.234 e. The van der Waals surface area contributed by atoms with Crippen LogP contribution in [0.2, 0.25) is 5.02 Å². The number of hydrogen-bond acceptors (Lipinski definition) is 5. The molecule has 2 heterocycles. The van der Waals surface area contributed by atoms with E-state index in [0.29, 0.717) is 10.8 Å². The summed E-state index contributed by atoms with van der Waals surface area (Å²) in [5.41, 5.74) is 3.02. The molecular weight excluding hydrogens is 398 g/mol. The zero-order valence-electron chi connectivity index (χ0n) is 15.2. The van der Waals surface area contributed by atoms with Crippen LogP contribution in [0, 0.1) is 12.8 Å². The SMILES string of the molecule is Cc1c(Cl)cccc1NC(=O)CSc1ncnc2sc3c(c12)CC[C@@H](C)C3. The molecule has 4 rings (SSSR count). The highest BCUT2D eigenvalue weighted by molar-refractivity contribution is 8.00. The number of anilines is 1. The molecule has 0 saturated carbocycles. The van der Waals surface area contributed by atoms with Crippen LogP contribution in [0.1, 0.15) is 29.3 Å². The van der Waals surface area contributed by atoms with E-state index in [1.54, 1.807) is 17.7 Å². The Morgan fingerprint density at radius 2 is 2.26 bits per heavy atom. The summed E-state index contributed by atoms with van der Waals surface area (Å²) in [5, 5.41) is 5.66. The molecule has 0 radical (unpaired) electrons. The van der Waals surface area contributed by atoms with E-state index in [-0.39, 0.29) is 5.91 Å². The molecule has 27 heavy (non-hydrogen) atoms. The number of thioether (sulfide) groups is 1. The molecule has 4 nitrogen and oxygen atoms in total. The van der Waals surface area contributed by atoms with Crippen LogP contribution >= 0.6 is 34.7 Å². The Balaban J connectivity index is 1.52. The zero-order chi connectivity index (χ0) is 19.0. The van der Waals surface area contributed by atoms with Crippen molar-refractivity contribution < 1.29 is 4.79 Å². The van der Waals surface area contributed by atoms with E-state index in [1.165, 1.54) is 28.6 Å². The van der Waals surface area contributed by atoms with Crippen molar-refractivity contribution >= 4 is 56.5 Å². The van der Waals surface area contributed by atoms with Gasteiger partial charge in [-0.05, 0) is 55.4 Å². The van der Waals surface area contributed by atoms with Crippen LogP contribution in [-0.4, -0.2) is 21.6 Å². The fourth-order valence-electron chi connectivity index (χ4n) is 3.42. The molecule has 0 unspecified atom stereocenters. The number of benzene rings is 1. The first-order chi connectivity index (χ1) is 13.0. The number of halogens is 1. The molecular formula is C20H20ClN3OS2. The first-order valence-electron chi connectivity index (χ1n) is 8.96. The Morgan fingerprint density at radius 3 is 3.11 bits per heavy atom. The standard InChI is InChI=1S/C20H20ClN3OS2/c1-11-6-7-13-16(8-11)27-20-18(13)19(22-10-23-20)26-9-17(25)24-15-5-3-4-14(21)12(15)2/h3-5,10-11H,6-9H2,1-2H3,(H,24,25)/t11-/m1/s1. The van der Waals surface area contributed by atoms with Crippen LogP contribution in [0.4, 0.5) is 5.69 Å². The lowest BCUT2D eigenvalue weighted by molar-refractivity contribution is -0.113. The molecule has 0 fully saturated rings. The van der Waals surface area contributed by atoms with E-state index in [1.807, 2.05) is 25.1 Å². The molecule has 7 heteroatoms. The normalized spacial score (nSPS) is 16.3.